The lowest BCUT2D eigenvalue weighted by Gasteiger charge is -2.40. The number of anilines is 1. The Labute approximate surface area is 195 Å². The number of aryl methyl sites for hydroxylation is 1. The van der Waals surface area contributed by atoms with Gasteiger partial charge >= 0.3 is 0 Å². The van der Waals surface area contributed by atoms with Crippen LogP contribution in [0.3, 0.4) is 0 Å². The lowest BCUT2D eigenvalue weighted by Crippen LogP contribution is -2.49. The first-order chi connectivity index (χ1) is 15.8. The van der Waals surface area contributed by atoms with E-state index in [1.165, 1.54) is 11.1 Å². The van der Waals surface area contributed by atoms with Gasteiger partial charge in [0.2, 0.25) is 10.0 Å². The maximum Gasteiger partial charge on any atom is 0.253 e. The van der Waals surface area contributed by atoms with Crippen molar-refractivity contribution >= 4 is 21.6 Å². The quantitative estimate of drug-likeness (QED) is 0.602. The number of carbonyl (C=O) groups is 1. The minimum Gasteiger partial charge on any atom is -0.336 e. The van der Waals surface area contributed by atoms with E-state index in [1.807, 2.05) is 17.0 Å². The normalized spacial score (nSPS) is 14.9. The van der Waals surface area contributed by atoms with Crippen LogP contribution in [0.15, 0.2) is 78.9 Å². The third-order valence-corrected chi connectivity index (χ3v) is 6.56. The number of piperazine rings is 1. The number of rotatable bonds is 6. The third-order valence-electron chi connectivity index (χ3n) is 5.97. The van der Waals surface area contributed by atoms with E-state index in [1.54, 1.807) is 25.1 Å². The summed E-state index contributed by atoms with van der Waals surface area (Å²) in [7, 11) is -3.36. The smallest absolute Gasteiger partial charge is 0.253 e. The maximum atomic E-state index is 13.1. The van der Waals surface area contributed by atoms with E-state index in [9.17, 15) is 13.2 Å². The van der Waals surface area contributed by atoms with E-state index in [2.05, 4.69) is 58.2 Å². The zero-order valence-corrected chi connectivity index (χ0v) is 19.8. The maximum absolute atomic E-state index is 13.1. The number of amides is 1. The first-order valence-corrected chi connectivity index (χ1v) is 12.9. The Morgan fingerprint density at radius 2 is 1.39 bits per heavy atom. The molecule has 1 fully saturated rings. The molecule has 172 valence electrons. The highest BCUT2D eigenvalue weighted by Gasteiger charge is 2.28. The van der Waals surface area contributed by atoms with Gasteiger partial charge in [-0.3, -0.25) is 14.4 Å². The highest BCUT2D eigenvalue weighted by molar-refractivity contribution is 7.92. The highest BCUT2D eigenvalue weighted by Crippen LogP contribution is 2.29. The van der Waals surface area contributed by atoms with Gasteiger partial charge in [-0.1, -0.05) is 60.7 Å². The van der Waals surface area contributed by atoms with Crippen molar-refractivity contribution in [2.24, 2.45) is 0 Å². The van der Waals surface area contributed by atoms with Crippen molar-refractivity contribution in [1.29, 1.82) is 0 Å². The predicted molar refractivity (Wildman–Crippen MR) is 132 cm³/mol. The Balaban J connectivity index is 1.47. The summed E-state index contributed by atoms with van der Waals surface area (Å²) < 4.78 is 25.5. The number of carbonyl (C=O) groups excluding carboxylic acids is 1. The zero-order valence-electron chi connectivity index (χ0n) is 18.9. The summed E-state index contributed by atoms with van der Waals surface area (Å²) in [5.74, 6) is -0.0281. The molecule has 0 saturated carbocycles. The molecular formula is C26H29N3O3S. The van der Waals surface area contributed by atoms with E-state index in [4.69, 9.17) is 0 Å². The van der Waals surface area contributed by atoms with Gasteiger partial charge in [0, 0.05) is 31.7 Å². The van der Waals surface area contributed by atoms with Crippen LogP contribution >= 0.6 is 0 Å². The summed E-state index contributed by atoms with van der Waals surface area (Å²) in [6.45, 7) is 4.61. The topological polar surface area (TPSA) is 69.7 Å². The number of hydrogen-bond donors (Lipinski definition) is 1. The molecule has 1 aliphatic heterocycles. The van der Waals surface area contributed by atoms with Gasteiger partial charge in [0.05, 0.1) is 18.0 Å². The summed E-state index contributed by atoms with van der Waals surface area (Å²) in [6, 6.07) is 26.2. The van der Waals surface area contributed by atoms with Crippen LogP contribution in [0.2, 0.25) is 0 Å². The molecule has 6 nitrogen and oxygen atoms in total. The van der Waals surface area contributed by atoms with Gasteiger partial charge in [0.25, 0.3) is 5.91 Å². The van der Waals surface area contributed by atoms with Gasteiger partial charge in [0.1, 0.15) is 0 Å². The highest BCUT2D eigenvalue weighted by atomic mass is 32.2. The summed E-state index contributed by atoms with van der Waals surface area (Å²) in [4.78, 5) is 17.4. The molecule has 3 aromatic carbocycles. The minimum atomic E-state index is -3.36. The molecule has 7 heteroatoms. The second kappa shape index (κ2) is 9.77. The second-order valence-electron chi connectivity index (χ2n) is 8.46. The largest absolute Gasteiger partial charge is 0.336 e. The number of hydrogen-bond acceptors (Lipinski definition) is 4. The average Bonchev–Trinajstić information content (AvgIpc) is 2.81. The molecule has 1 aliphatic rings. The predicted octanol–water partition coefficient (Wildman–Crippen LogP) is 3.91. The lowest BCUT2D eigenvalue weighted by molar-refractivity contribution is 0.0597. The number of benzene rings is 3. The van der Waals surface area contributed by atoms with Crippen LogP contribution in [0.5, 0.6) is 0 Å². The van der Waals surface area contributed by atoms with Gasteiger partial charge in [-0.05, 0) is 41.8 Å². The van der Waals surface area contributed by atoms with Gasteiger partial charge < -0.3 is 4.90 Å². The number of nitrogens with zero attached hydrogens (tertiary/aromatic N) is 2. The Bertz CT molecular complexity index is 1170. The minimum absolute atomic E-state index is 0.0281. The van der Waals surface area contributed by atoms with Crippen LogP contribution in [-0.4, -0.2) is 56.6 Å². The zero-order chi connectivity index (χ0) is 23.4. The van der Waals surface area contributed by atoms with Gasteiger partial charge in [0.15, 0.2) is 0 Å². The van der Waals surface area contributed by atoms with Crippen LogP contribution in [0, 0.1) is 6.92 Å². The van der Waals surface area contributed by atoms with Crippen LogP contribution in [0.1, 0.15) is 33.1 Å². The van der Waals surface area contributed by atoms with Crippen LogP contribution in [0.25, 0.3) is 0 Å². The molecule has 33 heavy (non-hydrogen) atoms. The summed E-state index contributed by atoms with van der Waals surface area (Å²) in [6.07, 6.45) is 1.11. The molecule has 1 heterocycles. The fourth-order valence-corrected chi connectivity index (χ4v) is 4.99. The molecule has 4 rings (SSSR count). The Morgan fingerprint density at radius 3 is 1.88 bits per heavy atom. The van der Waals surface area contributed by atoms with E-state index in [-0.39, 0.29) is 11.9 Å². The van der Waals surface area contributed by atoms with Crippen molar-refractivity contribution in [3.8, 4) is 0 Å². The van der Waals surface area contributed by atoms with E-state index in [0.29, 0.717) is 24.3 Å². The molecule has 0 unspecified atom stereocenters. The molecule has 1 saturated heterocycles. The SMILES string of the molecule is Cc1cc(C(=O)N2CCN(C(c3ccccc3)c3ccccc3)CC2)ccc1NS(C)(=O)=O. The first-order valence-electron chi connectivity index (χ1n) is 11.0. The molecule has 3 aromatic rings. The van der Waals surface area contributed by atoms with E-state index < -0.39 is 10.0 Å². The van der Waals surface area contributed by atoms with Gasteiger partial charge in [-0.25, -0.2) is 8.42 Å². The number of nitrogens with one attached hydrogen (secondary N) is 1. The fourth-order valence-electron chi connectivity index (χ4n) is 4.36. The van der Waals surface area contributed by atoms with Crippen molar-refractivity contribution in [3.05, 3.63) is 101 Å². The summed E-state index contributed by atoms with van der Waals surface area (Å²) in [5, 5.41) is 0. The standard InChI is InChI=1S/C26H29N3O3S/c1-20-19-23(13-14-24(20)27-33(2,31)32)26(30)29-17-15-28(16-18-29)25(21-9-5-3-6-10-21)22-11-7-4-8-12-22/h3-14,19,25,27H,15-18H2,1-2H3. The van der Waals surface area contributed by atoms with Crippen LogP contribution in [0.4, 0.5) is 5.69 Å². The Morgan fingerprint density at radius 1 is 0.848 bits per heavy atom. The molecule has 0 aliphatic carbocycles. The van der Waals surface area contributed by atoms with Crippen molar-refractivity contribution in [2.45, 2.75) is 13.0 Å². The third kappa shape index (κ3) is 5.61. The number of sulfonamides is 1. The van der Waals surface area contributed by atoms with Gasteiger partial charge in [-0.2, -0.15) is 0 Å². The van der Waals surface area contributed by atoms with Crippen molar-refractivity contribution in [2.75, 3.05) is 37.2 Å². The monoisotopic (exact) mass is 463 g/mol. The van der Waals surface area contributed by atoms with E-state index >= 15 is 0 Å². The van der Waals surface area contributed by atoms with Gasteiger partial charge in [-0.15, -0.1) is 0 Å². The lowest BCUT2D eigenvalue weighted by atomic mass is 9.96. The molecule has 1 N–H and O–H groups in total. The van der Waals surface area contributed by atoms with E-state index in [0.717, 1.165) is 24.9 Å². The molecule has 1 amide bonds. The molecule has 0 atom stereocenters. The molecule has 0 aromatic heterocycles. The summed E-state index contributed by atoms with van der Waals surface area (Å²) in [5.41, 5.74) is 4.27. The molecular weight excluding hydrogens is 434 g/mol. The van der Waals surface area contributed by atoms with Crippen molar-refractivity contribution < 1.29 is 13.2 Å². The fraction of sp³-hybridized carbons (Fsp3) is 0.269. The average molecular weight is 464 g/mol. The second-order valence-corrected chi connectivity index (χ2v) is 10.2. The Hall–Kier alpha value is -3.16. The Kier molecular flexibility index (Phi) is 6.81. The van der Waals surface area contributed by atoms with Crippen LogP contribution in [-0.2, 0) is 10.0 Å². The summed E-state index contributed by atoms with van der Waals surface area (Å²) >= 11 is 0. The molecule has 0 radical (unpaired) electrons. The molecule has 0 spiro atoms. The molecule has 0 bridgehead atoms. The first kappa shape index (κ1) is 23.0. The van der Waals surface area contributed by atoms with Crippen molar-refractivity contribution in [1.82, 2.24) is 9.80 Å². The van der Waals surface area contributed by atoms with Crippen LogP contribution < -0.4 is 4.72 Å². The van der Waals surface area contributed by atoms with Crippen molar-refractivity contribution in [3.63, 3.8) is 0 Å².